The van der Waals surface area contributed by atoms with Crippen molar-refractivity contribution in [1.29, 1.82) is 0 Å². The zero-order valence-corrected chi connectivity index (χ0v) is 9.94. The van der Waals surface area contributed by atoms with E-state index in [9.17, 15) is 9.59 Å². The number of carbonyl (C=O) groups is 2. The van der Waals surface area contributed by atoms with Gasteiger partial charge in [-0.3, -0.25) is 4.79 Å². The number of rotatable bonds is 5. The molecule has 1 fully saturated rings. The van der Waals surface area contributed by atoms with Crippen molar-refractivity contribution in [3.05, 3.63) is 12.4 Å². The molecule has 0 aliphatic carbocycles. The minimum Gasteiger partial charge on any atom is -0.480 e. The second kappa shape index (κ2) is 4.73. The third-order valence-corrected chi connectivity index (χ3v) is 2.72. The molecule has 0 bridgehead atoms. The van der Waals surface area contributed by atoms with Crippen LogP contribution in [0, 0.1) is 0 Å². The first-order valence-corrected chi connectivity index (χ1v) is 5.46. The van der Waals surface area contributed by atoms with Gasteiger partial charge in [-0.05, 0) is 6.92 Å². The molecule has 0 atom stereocenters. The highest BCUT2D eigenvalue weighted by Gasteiger charge is 2.42. The van der Waals surface area contributed by atoms with E-state index in [4.69, 9.17) is 9.84 Å². The molecule has 1 amide bonds. The van der Waals surface area contributed by atoms with Crippen LogP contribution in [-0.4, -0.2) is 62.2 Å². The molecule has 0 aromatic carbocycles. The highest BCUT2D eigenvalue weighted by molar-refractivity contribution is 5.77. The van der Waals surface area contributed by atoms with Gasteiger partial charge in [-0.1, -0.05) is 5.21 Å². The first-order valence-electron chi connectivity index (χ1n) is 5.46. The molecule has 8 nitrogen and oxygen atoms in total. The van der Waals surface area contributed by atoms with Gasteiger partial charge in [0, 0.05) is 6.20 Å². The van der Waals surface area contributed by atoms with Gasteiger partial charge in [0.2, 0.25) is 5.91 Å². The lowest BCUT2D eigenvalue weighted by Crippen LogP contribution is -2.63. The van der Waals surface area contributed by atoms with E-state index >= 15 is 0 Å². The number of ether oxygens (including phenoxy) is 1. The van der Waals surface area contributed by atoms with Crippen LogP contribution in [0.1, 0.15) is 6.92 Å². The molecule has 0 saturated carbocycles. The topological polar surface area (TPSA) is 97.6 Å². The van der Waals surface area contributed by atoms with E-state index in [-0.39, 0.29) is 19.1 Å². The zero-order chi connectivity index (χ0) is 13.2. The molecule has 1 aliphatic heterocycles. The fraction of sp³-hybridized carbons (Fsp3) is 0.600. The van der Waals surface area contributed by atoms with Crippen LogP contribution in [0.5, 0.6) is 0 Å². The van der Waals surface area contributed by atoms with Crippen LogP contribution >= 0.6 is 0 Å². The molecule has 1 aromatic rings. The summed E-state index contributed by atoms with van der Waals surface area (Å²) in [5.74, 6) is -1.10. The maximum absolute atomic E-state index is 11.8. The summed E-state index contributed by atoms with van der Waals surface area (Å²) in [4.78, 5) is 23.8. The van der Waals surface area contributed by atoms with Crippen molar-refractivity contribution in [3.8, 4) is 0 Å². The van der Waals surface area contributed by atoms with Crippen LogP contribution in [-0.2, 0) is 20.9 Å². The largest absolute Gasteiger partial charge is 0.480 e. The fourth-order valence-electron chi connectivity index (χ4n) is 1.82. The third-order valence-electron chi connectivity index (χ3n) is 2.72. The van der Waals surface area contributed by atoms with Crippen molar-refractivity contribution in [2.45, 2.75) is 19.1 Å². The Kier molecular flexibility index (Phi) is 3.28. The van der Waals surface area contributed by atoms with E-state index in [1.54, 1.807) is 18.0 Å². The Balaban J connectivity index is 1.77. The molecular formula is C10H14N4O4. The monoisotopic (exact) mass is 254 g/mol. The summed E-state index contributed by atoms with van der Waals surface area (Å²) in [6.45, 7) is 2.37. The van der Waals surface area contributed by atoms with Gasteiger partial charge in [-0.15, -0.1) is 5.10 Å². The Morgan fingerprint density at radius 2 is 2.22 bits per heavy atom. The standard InChI is InChI=1S/C10H14N4O4/c1-10(18-5-9(16)17)6-13(7-10)8(15)4-14-3-2-11-12-14/h2-3H,4-7H2,1H3,(H,16,17). The Hall–Kier alpha value is -1.96. The number of likely N-dealkylation sites (tertiary alicyclic amines) is 1. The summed E-state index contributed by atoms with van der Waals surface area (Å²) < 4.78 is 6.65. The molecule has 1 aromatic heterocycles. The van der Waals surface area contributed by atoms with Gasteiger partial charge in [-0.25, -0.2) is 9.48 Å². The number of nitrogens with zero attached hydrogens (tertiary/aromatic N) is 4. The number of hydrogen-bond donors (Lipinski definition) is 1. The summed E-state index contributed by atoms with van der Waals surface area (Å²) in [5, 5.41) is 15.8. The minimum absolute atomic E-state index is 0.0862. The average molecular weight is 254 g/mol. The average Bonchev–Trinajstić information content (AvgIpc) is 2.75. The van der Waals surface area contributed by atoms with E-state index in [1.807, 2.05) is 0 Å². The van der Waals surface area contributed by atoms with E-state index in [0.717, 1.165) is 0 Å². The van der Waals surface area contributed by atoms with Crippen LogP contribution < -0.4 is 0 Å². The number of carboxylic acid groups (broad SMARTS) is 1. The molecule has 0 unspecified atom stereocenters. The molecule has 8 heteroatoms. The van der Waals surface area contributed by atoms with Gasteiger partial charge in [0.25, 0.3) is 0 Å². The molecule has 18 heavy (non-hydrogen) atoms. The Morgan fingerprint density at radius 1 is 1.50 bits per heavy atom. The lowest BCUT2D eigenvalue weighted by Gasteiger charge is -2.47. The fourth-order valence-corrected chi connectivity index (χ4v) is 1.82. The van der Waals surface area contributed by atoms with E-state index < -0.39 is 11.6 Å². The number of amides is 1. The molecule has 2 heterocycles. The summed E-state index contributed by atoms with van der Waals surface area (Å²) in [6.07, 6.45) is 3.11. The van der Waals surface area contributed by atoms with Gasteiger partial charge in [0.05, 0.1) is 19.3 Å². The molecule has 1 aliphatic rings. The number of carboxylic acids is 1. The number of hydrogen-bond acceptors (Lipinski definition) is 5. The number of aromatic nitrogens is 3. The SMILES string of the molecule is CC1(OCC(=O)O)CN(C(=O)Cn2ccnn2)C1. The maximum atomic E-state index is 11.8. The summed E-state index contributed by atoms with van der Waals surface area (Å²) in [5.41, 5.74) is -0.559. The van der Waals surface area contributed by atoms with E-state index in [0.29, 0.717) is 13.1 Å². The maximum Gasteiger partial charge on any atom is 0.329 e. The Labute approximate surface area is 103 Å². The second-order valence-electron chi connectivity index (χ2n) is 4.48. The third kappa shape index (κ3) is 2.83. The van der Waals surface area contributed by atoms with E-state index in [1.165, 1.54) is 10.9 Å². The predicted molar refractivity (Wildman–Crippen MR) is 58.6 cm³/mol. The minimum atomic E-state index is -1.01. The van der Waals surface area contributed by atoms with Gasteiger partial charge in [0.1, 0.15) is 18.8 Å². The number of aliphatic carboxylic acids is 1. The molecule has 1 saturated heterocycles. The molecule has 0 radical (unpaired) electrons. The quantitative estimate of drug-likeness (QED) is 0.722. The van der Waals surface area contributed by atoms with Crippen LogP contribution in [0.25, 0.3) is 0 Å². The smallest absolute Gasteiger partial charge is 0.329 e. The molecule has 98 valence electrons. The van der Waals surface area contributed by atoms with Gasteiger partial charge < -0.3 is 14.7 Å². The van der Waals surface area contributed by atoms with E-state index in [2.05, 4.69) is 10.3 Å². The lowest BCUT2D eigenvalue weighted by molar-refractivity contribution is -0.173. The van der Waals surface area contributed by atoms with Crippen LogP contribution in [0.15, 0.2) is 12.4 Å². The highest BCUT2D eigenvalue weighted by Crippen LogP contribution is 2.24. The molecule has 1 N–H and O–H groups in total. The van der Waals surface area contributed by atoms with Crippen molar-refractivity contribution in [2.24, 2.45) is 0 Å². The predicted octanol–water partition coefficient (Wildman–Crippen LogP) is -1.02. The number of carbonyl (C=O) groups excluding carboxylic acids is 1. The summed E-state index contributed by atoms with van der Waals surface area (Å²) in [7, 11) is 0. The molecule has 2 rings (SSSR count). The van der Waals surface area contributed by atoms with Crippen molar-refractivity contribution >= 4 is 11.9 Å². The summed E-state index contributed by atoms with van der Waals surface area (Å²) >= 11 is 0. The van der Waals surface area contributed by atoms with Crippen molar-refractivity contribution < 1.29 is 19.4 Å². The van der Waals surface area contributed by atoms with Gasteiger partial charge in [0.15, 0.2) is 0 Å². The Bertz CT molecular complexity index is 439. The molecule has 0 spiro atoms. The van der Waals surface area contributed by atoms with Crippen LogP contribution in [0.3, 0.4) is 0 Å². The van der Waals surface area contributed by atoms with Gasteiger partial charge >= 0.3 is 5.97 Å². The Morgan fingerprint density at radius 3 is 2.78 bits per heavy atom. The normalized spacial score (nSPS) is 17.3. The van der Waals surface area contributed by atoms with Crippen LogP contribution in [0.4, 0.5) is 0 Å². The first kappa shape index (κ1) is 12.5. The van der Waals surface area contributed by atoms with Crippen molar-refractivity contribution in [3.63, 3.8) is 0 Å². The van der Waals surface area contributed by atoms with Crippen LogP contribution in [0.2, 0.25) is 0 Å². The lowest BCUT2D eigenvalue weighted by atomic mass is 9.96. The second-order valence-corrected chi connectivity index (χ2v) is 4.48. The van der Waals surface area contributed by atoms with Crippen molar-refractivity contribution in [2.75, 3.05) is 19.7 Å². The highest BCUT2D eigenvalue weighted by atomic mass is 16.5. The summed E-state index contributed by atoms with van der Waals surface area (Å²) in [6, 6.07) is 0. The van der Waals surface area contributed by atoms with Gasteiger partial charge in [-0.2, -0.15) is 0 Å². The van der Waals surface area contributed by atoms with Crippen molar-refractivity contribution in [1.82, 2.24) is 19.9 Å². The zero-order valence-electron chi connectivity index (χ0n) is 9.94. The molecular weight excluding hydrogens is 240 g/mol. The first-order chi connectivity index (χ1) is 8.48.